The van der Waals surface area contributed by atoms with Crippen LogP contribution in [0.5, 0.6) is 11.5 Å². The van der Waals surface area contributed by atoms with Crippen LogP contribution in [-0.4, -0.2) is 10.2 Å². The van der Waals surface area contributed by atoms with Crippen molar-refractivity contribution >= 4 is 10.8 Å². The predicted molar refractivity (Wildman–Crippen MR) is 86.8 cm³/mol. The van der Waals surface area contributed by atoms with Gasteiger partial charge in [0.2, 0.25) is 0 Å². The van der Waals surface area contributed by atoms with Crippen LogP contribution < -0.4 is 0 Å². The monoisotopic (exact) mass is 282 g/mol. The van der Waals surface area contributed by atoms with Crippen LogP contribution in [0.4, 0.5) is 0 Å². The topological polar surface area (TPSA) is 40.5 Å². The molecule has 1 aliphatic carbocycles. The molecule has 2 aromatic carbocycles. The highest BCUT2D eigenvalue weighted by molar-refractivity contribution is 5.95. The van der Waals surface area contributed by atoms with Gasteiger partial charge >= 0.3 is 0 Å². The van der Waals surface area contributed by atoms with Gasteiger partial charge in [0.1, 0.15) is 11.5 Å². The molecule has 0 bridgehead atoms. The maximum atomic E-state index is 10.6. The van der Waals surface area contributed by atoms with E-state index in [0.29, 0.717) is 23.8 Å². The lowest BCUT2D eigenvalue weighted by molar-refractivity contribution is 0.457. The normalized spacial score (nSPS) is 14.3. The summed E-state index contributed by atoms with van der Waals surface area (Å²) in [6.07, 6.45) is 5.93. The second-order valence-electron chi connectivity index (χ2n) is 6.38. The van der Waals surface area contributed by atoms with Gasteiger partial charge in [-0.15, -0.1) is 0 Å². The zero-order valence-electron chi connectivity index (χ0n) is 12.7. The van der Waals surface area contributed by atoms with Crippen molar-refractivity contribution in [3.63, 3.8) is 0 Å². The van der Waals surface area contributed by atoms with E-state index in [-0.39, 0.29) is 0 Å². The molecule has 110 valence electrons. The summed E-state index contributed by atoms with van der Waals surface area (Å²) in [6.45, 7) is 4.46. The fourth-order valence-electron chi connectivity index (χ4n) is 3.13. The lowest BCUT2D eigenvalue weighted by atomic mass is 9.85. The van der Waals surface area contributed by atoms with Gasteiger partial charge in [0.05, 0.1) is 0 Å². The third-order valence-corrected chi connectivity index (χ3v) is 4.41. The van der Waals surface area contributed by atoms with Crippen molar-refractivity contribution in [3.05, 3.63) is 47.0 Å². The second kappa shape index (κ2) is 5.44. The molecule has 2 N–H and O–H groups in total. The lowest BCUT2D eigenvalue weighted by Crippen LogP contribution is -2.05. The van der Waals surface area contributed by atoms with Crippen molar-refractivity contribution in [2.45, 2.75) is 39.5 Å². The quantitative estimate of drug-likeness (QED) is 0.632. The number of fused-ring (bicyclic) bond motifs is 2. The fourth-order valence-corrected chi connectivity index (χ4v) is 3.13. The van der Waals surface area contributed by atoms with Gasteiger partial charge in [-0.1, -0.05) is 49.8 Å². The van der Waals surface area contributed by atoms with Crippen LogP contribution in [-0.2, 0) is 12.8 Å². The van der Waals surface area contributed by atoms with Crippen LogP contribution in [0.15, 0.2) is 35.9 Å². The molecule has 0 radical (unpaired) electrons. The van der Waals surface area contributed by atoms with E-state index in [1.807, 2.05) is 24.3 Å². The Morgan fingerprint density at radius 1 is 1.00 bits per heavy atom. The number of rotatable bonds is 3. The van der Waals surface area contributed by atoms with Gasteiger partial charge in [0.15, 0.2) is 0 Å². The summed E-state index contributed by atoms with van der Waals surface area (Å²) in [6, 6.07) is 7.52. The molecule has 0 atom stereocenters. The first kappa shape index (κ1) is 14.0. The third kappa shape index (κ3) is 2.51. The minimum Gasteiger partial charge on any atom is -0.507 e. The van der Waals surface area contributed by atoms with Crippen LogP contribution in [0.1, 0.15) is 37.8 Å². The lowest BCUT2D eigenvalue weighted by Gasteiger charge is -2.21. The van der Waals surface area contributed by atoms with Crippen LogP contribution >= 0.6 is 0 Å². The Balaban J connectivity index is 2.02. The van der Waals surface area contributed by atoms with Crippen LogP contribution in [0.3, 0.4) is 0 Å². The second-order valence-corrected chi connectivity index (χ2v) is 6.38. The van der Waals surface area contributed by atoms with E-state index in [9.17, 15) is 10.2 Å². The SMILES string of the molecule is CC(C)CCC1=CCc2c(c(O)c3ccccc3c2O)C1. The molecule has 2 nitrogen and oxygen atoms in total. The number of phenols is 2. The molecule has 0 amide bonds. The zero-order chi connectivity index (χ0) is 15.0. The number of allylic oxidation sites excluding steroid dienone is 2. The molecule has 0 saturated heterocycles. The largest absolute Gasteiger partial charge is 0.507 e. The van der Waals surface area contributed by atoms with Crippen LogP contribution in [0, 0.1) is 5.92 Å². The number of benzene rings is 2. The summed E-state index contributed by atoms with van der Waals surface area (Å²) in [5.74, 6) is 1.36. The Labute approximate surface area is 125 Å². The first-order valence-electron chi connectivity index (χ1n) is 7.70. The summed E-state index contributed by atoms with van der Waals surface area (Å²) in [7, 11) is 0. The van der Waals surface area contributed by atoms with E-state index in [4.69, 9.17) is 0 Å². The van der Waals surface area contributed by atoms with Gasteiger partial charge in [-0.3, -0.25) is 0 Å². The maximum Gasteiger partial charge on any atom is 0.127 e. The Morgan fingerprint density at radius 2 is 1.62 bits per heavy atom. The first-order valence-corrected chi connectivity index (χ1v) is 7.70. The van der Waals surface area contributed by atoms with Gasteiger partial charge in [-0.05, 0) is 31.6 Å². The average Bonchev–Trinajstić information content (AvgIpc) is 2.50. The van der Waals surface area contributed by atoms with E-state index in [1.54, 1.807) is 0 Å². The van der Waals surface area contributed by atoms with Gasteiger partial charge in [-0.2, -0.15) is 0 Å². The summed E-state index contributed by atoms with van der Waals surface area (Å²) in [5, 5.41) is 22.6. The number of phenolic OH excluding ortho intramolecular Hbond substituents is 2. The molecule has 0 aromatic heterocycles. The molecular weight excluding hydrogens is 260 g/mol. The Morgan fingerprint density at radius 3 is 2.24 bits per heavy atom. The van der Waals surface area contributed by atoms with E-state index in [2.05, 4.69) is 19.9 Å². The molecule has 0 aliphatic heterocycles. The highest BCUT2D eigenvalue weighted by Crippen LogP contribution is 2.43. The molecule has 0 spiro atoms. The van der Waals surface area contributed by atoms with Crippen molar-refractivity contribution in [3.8, 4) is 11.5 Å². The highest BCUT2D eigenvalue weighted by atomic mass is 16.3. The first-order chi connectivity index (χ1) is 10.1. The Bertz CT molecular complexity index is 711. The molecule has 3 rings (SSSR count). The minimum atomic E-state index is 0.331. The molecule has 0 fully saturated rings. The molecule has 0 heterocycles. The third-order valence-electron chi connectivity index (χ3n) is 4.41. The van der Waals surface area contributed by atoms with Crippen molar-refractivity contribution in [1.29, 1.82) is 0 Å². The van der Waals surface area contributed by atoms with Crippen LogP contribution in [0.2, 0.25) is 0 Å². The standard InChI is InChI=1S/C19H22O2/c1-12(2)7-8-13-9-10-16-17(11-13)19(21)15-6-4-3-5-14(15)18(16)20/h3-6,9,12,20-21H,7-8,10-11H2,1-2H3. The molecule has 2 heteroatoms. The molecule has 1 aliphatic rings. The van der Waals surface area contributed by atoms with Crippen LogP contribution in [0.25, 0.3) is 10.8 Å². The van der Waals surface area contributed by atoms with Gasteiger partial charge in [-0.25, -0.2) is 0 Å². The Hall–Kier alpha value is -1.96. The Kier molecular flexibility index (Phi) is 3.62. The molecule has 0 unspecified atom stereocenters. The minimum absolute atomic E-state index is 0.331. The number of aromatic hydroxyl groups is 2. The zero-order valence-corrected chi connectivity index (χ0v) is 12.7. The highest BCUT2D eigenvalue weighted by Gasteiger charge is 2.21. The van der Waals surface area contributed by atoms with E-state index in [1.165, 1.54) is 12.0 Å². The van der Waals surface area contributed by atoms with Crippen molar-refractivity contribution < 1.29 is 10.2 Å². The summed E-state index contributed by atoms with van der Waals surface area (Å²) >= 11 is 0. The predicted octanol–water partition coefficient (Wildman–Crippen LogP) is 4.71. The van der Waals surface area contributed by atoms with E-state index < -0.39 is 0 Å². The molecule has 21 heavy (non-hydrogen) atoms. The summed E-state index contributed by atoms with van der Waals surface area (Å²) < 4.78 is 0. The van der Waals surface area contributed by atoms with E-state index in [0.717, 1.165) is 34.7 Å². The molecule has 2 aromatic rings. The number of hydrogen-bond acceptors (Lipinski definition) is 2. The molecule has 0 saturated carbocycles. The summed E-state index contributed by atoms with van der Waals surface area (Å²) in [4.78, 5) is 0. The van der Waals surface area contributed by atoms with Crippen molar-refractivity contribution in [2.75, 3.05) is 0 Å². The van der Waals surface area contributed by atoms with Gasteiger partial charge in [0.25, 0.3) is 0 Å². The molecular formula is C19H22O2. The van der Waals surface area contributed by atoms with E-state index >= 15 is 0 Å². The van der Waals surface area contributed by atoms with Gasteiger partial charge in [0, 0.05) is 21.9 Å². The number of hydrogen-bond donors (Lipinski definition) is 2. The maximum absolute atomic E-state index is 10.6. The smallest absolute Gasteiger partial charge is 0.127 e. The fraction of sp³-hybridized carbons (Fsp3) is 0.368. The summed E-state index contributed by atoms with van der Waals surface area (Å²) in [5.41, 5.74) is 3.17. The van der Waals surface area contributed by atoms with Crippen molar-refractivity contribution in [2.24, 2.45) is 5.92 Å². The average molecular weight is 282 g/mol. The van der Waals surface area contributed by atoms with Gasteiger partial charge < -0.3 is 10.2 Å². The van der Waals surface area contributed by atoms with Crippen molar-refractivity contribution in [1.82, 2.24) is 0 Å².